The molecular formula is C3H5B3F2. The second kappa shape index (κ2) is 3.15. The van der Waals surface area contributed by atoms with Gasteiger partial charge in [0.25, 0.3) is 0 Å². The monoisotopic (exact) mass is 112 g/mol. The van der Waals surface area contributed by atoms with Crippen molar-refractivity contribution < 1.29 is 8.63 Å². The summed E-state index contributed by atoms with van der Waals surface area (Å²) in [5.41, 5.74) is 0. The molecule has 0 unspecified atom stereocenters. The maximum Gasteiger partial charge on any atom is 0.354 e. The van der Waals surface area contributed by atoms with E-state index in [4.69, 9.17) is 7.85 Å². The van der Waals surface area contributed by atoms with Crippen molar-refractivity contribution >= 4 is 23.0 Å². The van der Waals surface area contributed by atoms with Crippen LogP contribution in [0, 0.1) is 0 Å². The number of rotatable bonds is 3. The van der Waals surface area contributed by atoms with Crippen LogP contribution in [0.3, 0.4) is 0 Å². The number of hydrogen-bond acceptors (Lipinski definition) is 0. The van der Waals surface area contributed by atoms with Crippen LogP contribution in [0.5, 0.6) is 0 Å². The summed E-state index contributed by atoms with van der Waals surface area (Å²) < 4.78 is 23.1. The van der Waals surface area contributed by atoms with Gasteiger partial charge < -0.3 is 8.63 Å². The van der Waals surface area contributed by atoms with Crippen LogP contribution in [0.15, 0.2) is 0 Å². The molecule has 0 saturated heterocycles. The zero-order valence-corrected chi connectivity index (χ0v) is 4.70. The third-order valence-corrected chi connectivity index (χ3v) is 0.938. The molecule has 0 spiro atoms. The smallest absolute Gasteiger partial charge is 0.343 e. The average molecular weight is 112 g/mol. The van der Waals surface area contributed by atoms with E-state index >= 15 is 0 Å². The zero-order valence-electron chi connectivity index (χ0n) is 4.70. The van der Waals surface area contributed by atoms with E-state index in [1.807, 2.05) is 0 Å². The van der Waals surface area contributed by atoms with E-state index in [9.17, 15) is 8.63 Å². The molecule has 0 aromatic heterocycles. The molecule has 0 rings (SSSR count). The Balaban J connectivity index is 3.58. The van der Waals surface area contributed by atoms with E-state index in [2.05, 4.69) is 0 Å². The maximum absolute atomic E-state index is 11.6. The van der Waals surface area contributed by atoms with Gasteiger partial charge in [-0.15, -0.1) is 0 Å². The Bertz CT molecular complexity index is 55.3. The number of hydrogen-bond donors (Lipinski definition) is 0. The first-order valence-corrected chi connectivity index (χ1v) is 2.28. The van der Waals surface area contributed by atoms with E-state index in [1.54, 1.807) is 0 Å². The first-order chi connectivity index (χ1) is 3.68. The highest BCUT2D eigenvalue weighted by atomic mass is 19.1. The Morgan fingerprint density at radius 3 is 1.88 bits per heavy atom. The minimum absolute atomic E-state index is 0.0417. The molecule has 0 nitrogen and oxygen atoms in total. The van der Waals surface area contributed by atoms with Crippen LogP contribution < -0.4 is 0 Å². The van der Waals surface area contributed by atoms with Crippen molar-refractivity contribution in [2.75, 3.05) is 0 Å². The average Bonchev–Trinajstić information content (AvgIpc) is 1.87. The zero-order chi connectivity index (χ0) is 6.62. The lowest BCUT2D eigenvalue weighted by Gasteiger charge is -2.15. The Kier molecular flexibility index (Phi) is 3.18. The molecule has 40 valence electrons. The van der Waals surface area contributed by atoms with E-state index in [0.717, 1.165) is 0 Å². The third-order valence-electron chi connectivity index (χ3n) is 0.938. The summed E-state index contributed by atoms with van der Waals surface area (Å²) in [7, 11) is 5.47. The minimum Gasteiger partial charge on any atom is -0.343 e. The molecule has 0 fully saturated rings. The summed E-state index contributed by atoms with van der Waals surface area (Å²) in [6, 6.07) is 0. The summed E-state index contributed by atoms with van der Waals surface area (Å²) in [6.45, 7) is 1.37. The van der Waals surface area contributed by atoms with Crippen LogP contribution in [-0.2, 0) is 0 Å². The molecule has 0 amide bonds. The van der Waals surface area contributed by atoms with Crippen molar-refractivity contribution in [3.05, 3.63) is 0 Å². The second-order valence-electron chi connectivity index (χ2n) is 1.93. The van der Waals surface area contributed by atoms with Gasteiger partial charge in [0.05, 0.1) is 7.85 Å². The molecule has 0 atom stereocenters. The molecule has 0 aliphatic carbocycles. The van der Waals surface area contributed by atoms with Crippen molar-refractivity contribution in [2.45, 2.75) is 18.5 Å². The predicted molar refractivity (Wildman–Crippen MR) is 32.7 cm³/mol. The second-order valence-corrected chi connectivity index (χ2v) is 1.93. The van der Waals surface area contributed by atoms with E-state index in [-0.39, 0.29) is 21.4 Å². The Morgan fingerprint density at radius 1 is 1.50 bits per heavy atom. The molecular weight excluding hydrogens is 106 g/mol. The van der Waals surface area contributed by atoms with Crippen LogP contribution in [0.2, 0.25) is 11.5 Å². The standard InChI is InChI=1S/C3H5B3F2/c1-3(2-4,5-7)6-8/h2H2,1H3. The fraction of sp³-hybridized carbons (Fsp3) is 1.00. The van der Waals surface area contributed by atoms with Crippen molar-refractivity contribution in [1.29, 1.82) is 0 Å². The van der Waals surface area contributed by atoms with E-state index < -0.39 is 5.21 Å². The van der Waals surface area contributed by atoms with Gasteiger partial charge in [-0.2, -0.15) is 0 Å². The van der Waals surface area contributed by atoms with Gasteiger partial charge in [0.15, 0.2) is 0 Å². The maximum atomic E-state index is 11.6. The highest BCUT2D eigenvalue weighted by Gasteiger charge is 2.26. The first-order valence-electron chi connectivity index (χ1n) is 2.28. The van der Waals surface area contributed by atoms with Crippen LogP contribution in [0.1, 0.15) is 6.92 Å². The SMILES string of the molecule is [B]CC(C)([B]F)[B]F. The molecule has 0 aliphatic heterocycles. The minimum atomic E-state index is -1.18. The van der Waals surface area contributed by atoms with Gasteiger partial charge >= 0.3 is 15.1 Å². The van der Waals surface area contributed by atoms with Crippen LogP contribution in [0.25, 0.3) is 0 Å². The quantitative estimate of drug-likeness (QED) is 0.475. The van der Waals surface area contributed by atoms with Gasteiger partial charge in [-0.05, 0) is 5.21 Å². The van der Waals surface area contributed by atoms with Gasteiger partial charge in [-0.3, -0.25) is 0 Å². The van der Waals surface area contributed by atoms with E-state index in [1.165, 1.54) is 6.92 Å². The summed E-state index contributed by atoms with van der Waals surface area (Å²) in [5, 5.41) is -1.18. The van der Waals surface area contributed by atoms with Gasteiger partial charge in [-0.25, -0.2) is 0 Å². The fourth-order valence-corrected chi connectivity index (χ4v) is 0.113. The van der Waals surface area contributed by atoms with Crippen LogP contribution >= 0.6 is 0 Å². The first kappa shape index (κ1) is 8.05. The lowest BCUT2D eigenvalue weighted by Crippen LogP contribution is -2.18. The van der Waals surface area contributed by atoms with Gasteiger partial charge in [0, 0.05) is 0 Å². The highest BCUT2D eigenvalue weighted by Crippen LogP contribution is 2.25. The molecule has 0 aliphatic rings. The number of halogens is 2. The fourth-order valence-electron chi connectivity index (χ4n) is 0.113. The summed E-state index contributed by atoms with van der Waals surface area (Å²) in [6.07, 6.45) is -0.0417. The normalized spacial score (nSPS) is 10.9. The van der Waals surface area contributed by atoms with Crippen molar-refractivity contribution in [3.63, 3.8) is 0 Å². The Hall–Kier alpha value is 0.0548. The molecule has 5 heteroatoms. The molecule has 0 aromatic rings. The lowest BCUT2D eigenvalue weighted by atomic mass is 9.46. The van der Waals surface area contributed by atoms with Gasteiger partial charge in [0.2, 0.25) is 0 Å². The summed E-state index contributed by atoms with van der Waals surface area (Å²) in [5.74, 6) is 0. The molecule has 0 heterocycles. The van der Waals surface area contributed by atoms with Crippen molar-refractivity contribution in [3.8, 4) is 0 Å². The Labute approximate surface area is 51.0 Å². The highest BCUT2D eigenvalue weighted by molar-refractivity contribution is 6.56. The Morgan fingerprint density at radius 2 is 1.88 bits per heavy atom. The summed E-state index contributed by atoms with van der Waals surface area (Å²) >= 11 is 0. The van der Waals surface area contributed by atoms with Gasteiger partial charge in [0.1, 0.15) is 0 Å². The van der Waals surface area contributed by atoms with Gasteiger partial charge in [-0.1, -0.05) is 13.2 Å². The largest absolute Gasteiger partial charge is 0.354 e. The molecule has 0 saturated carbocycles. The summed E-state index contributed by atoms with van der Waals surface area (Å²) in [4.78, 5) is 0. The third kappa shape index (κ3) is 1.89. The van der Waals surface area contributed by atoms with Crippen LogP contribution in [0.4, 0.5) is 8.63 Å². The van der Waals surface area contributed by atoms with E-state index in [0.29, 0.717) is 0 Å². The molecule has 0 bridgehead atoms. The van der Waals surface area contributed by atoms with Crippen molar-refractivity contribution in [1.82, 2.24) is 0 Å². The predicted octanol–water partition coefficient (Wildman–Crippen LogP) is 0.887. The molecule has 8 heavy (non-hydrogen) atoms. The molecule has 4 radical (unpaired) electrons. The molecule has 0 N–H and O–H groups in total. The topological polar surface area (TPSA) is 0 Å². The van der Waals surface area contributed by atoms with Crippen molar-refractivity contribution in [2.24, 2.45) is 0 Å². The molecule has 0 aromatic carbocycles. The van der Waals surface area contributed by atoms with Crippen LogP contribution in [-0.4, -0.2) is 23.0 Å². The lowest BCUT2D eigenvalue weighted by molar-refractivity contribution is 0.729.